The van der Waals surface area contributed by atoms with E-state index in [0.29, 0.717) is 5.41 Å². The number of fused-ring (bicyclic) bond motifs is 1. The molecule has 0 amide bonds. The third-order valence-corrected chi connectivity index (χ3v) is 6.36. The number of rotatable bonds is 1. The van der Waals surface area contributed by atoms with Gasteiger partial charge in [0, 0.05) is 11.5 Å². The van der Waals surface area contributed by atoms with Gasteiger partial charge in [-0.2, -0.15) is 0 Å². The van der Waals surface area contributed by atoms with Crippen LogP contribution in [0.4, 0.5) is 0 Å². The first-order valence-electron chi connectivity index (χ1n) is 8.18. The van der Waals surface area contributed by atoms with Gasteiger partial charge >= 0.3 is 0 Å². The molecule has 4 rings (SSSR count). The SMILES string of the molecule is CN1CC[C@@]23CCCCC2C1Cc1ccc(CO)cc13. The summed E-state index contributed by atoms with van der Waals surface area (Å²) in [4.78, 5) is 2.61. The quantitative estimate of drug-likeness (QED) is 0.849. The molecule has 1 heterocycles. The second-order valence-corrected chi connectivity index (χ2v) is 7.16. The zero-order valence-corrected chi connectivity index (χ0v) is 12.4. The van der Waals surface area contributed by atoms with Crippen molar-refractivity contribution in [3.63, 3.8) is 0 Å². The summed E-state index contributed by atoms with van der Waals surface area (Å²) in [7, 11) is 2.32. The maximum atomic E-state index is 9.49. The Balaban J connectivity index is 1.88. The second kappa shape index (κ2) is 4.57. The standard InChI is InChI=1S/C18H25NO/c1-19-9-8-18-7-3-2-4-15(18)17(19)11-14-6-5-13(12-20)10-16(14)18/h5-6,10,15,17,20H,2-4,7-9,11-12H2,1H3/t15?,17?,18-/m0/s1. The van der Waals surface area contributed by atoms with Crippen molar-refractivity contribution in [1.82, 2.24) is 4.90 Å². The number of aliphatic hydroxyl groups is 1. The number of benzene rings is 1. The molecule has 1 aliphatic heterocycles. The van der Waals surface area contributed by atoms with Crippen LogP contribution in [0.25, 0.3) is 0 Å². The number of aliphatic hydroxyl groups excluding tert-OH is 1. The number of hydrogen-bond acceptors (Lipinski definition) is 2. The fourth-order valence-electron chi connectivity index (χ4n) is 5.34. The summed E-state index contributed by atoms with van der Waals surface area (Å²) in [6.45, 7) is 1.42. The predicted octanol–water partition coefficient (Wildman–Crippen LogP) is 2.87. The fraction of sp³-hybridized carbons (Fsp3) is 0.667. The minimum Gasteiger partial charge on any atom is -0.392 e. The van der Waals surface area contributed by atoms with Crippen molar-refractivity contribution in [3.05, 3.63) is 34.9 Å². The Hall–Kier alpha value is -0.860. The lowest BCUT2D eigenvalue weighted by Crippen LogP contribution is -2.59. The number of likely N-dealkylation sites (N-methyl/N-ethyl adjacent to an activating group) is 1. The molecular weight excluding hydrogens is 246 g/mol. The van der Waals surface area contributed by atoms with E-state index in [2.05, 4.69) is 30.1 Å². The van der Waals surface area contributed by atoms with E-state index in [0.717, 1.165) is 17.5 Å². The van der Waals surface area contributed by atoms with Crippen LogP contribution in [-0.2, 0) is 18.4 Å². The van der Waals surface area contributed by atoms with Gasteiger partial charge in [0.1, 0.15) is 0 Å². The Kier molecular flexibility index (Phi) is 2.94. The van der Waals surface area contributed by atoms with Crippen molar-refractivity contribution >= 4 is 0 Å². The fourth-order valence-corrected chi connectivity index (χ4v) is 5.34. The van der Waals surface area contributed by atoms with E-state index < -0.39 is 0 Å². The molecule has 3 atom stereocenters. The van der Waals surface area contributed by atoms with Gasteiger partial charge in [0.05, 0.1) is 6.61 Å². The van der Waals surface area contributed by atoms with Gasteiger partial charge in [-0.25, -0.2) is 0 Å². The molecule has 0 radical (unpaired) electrons. The van der Waals surface area contributed by atoms with Crippen molar-refractivity contribution < 1.29 is 5.11 Å². The zero-order chi connectivity index (χ0) is 13.7. The summed E-state index contributed by atoms with van der Waals surface area (Å²) in [6, 6.07) is 7.49. The molecule has 1 aromatic carbocycles. The molecule has 1 saturated carbocycles. The lowest BCUT2D eigenvalue weighted by atomic mass is 9.52. The molecule has 2 bridgehead atoms. The molecule has 3 aliphatic rings. The summed E-state index contributed by atoms with van der Waals surface area (Å²) < 4.78 is 0. The summed E-state index contributed by atoms with van der Waals surface area (Å²) in [5.74, 6) is 0.844. The van der Waals surface area contributed by atoms with Crippen LogP contribution in [0.1, 0.15) is 48.8 Å². The molecule has 2 heteroatoms. The molecule has 1 saturated heterocycles. The summed E-state index contributed by atoms with van der Waals surface area (Å²) in [6.07, 6.45) is 8.08. The minimum absolute atomic E-state index is 0.178. The monoisotopic (exact) mass is 271 g/mol. The van der Waals surface area contributed by atoms with Crippen LogP contribution in [-0.4, -0.2) is 29.6 Å². The Morgan fingerprint density at radius 2 is 2.20 bits per heavy atom. The van der Waals surface area contributed by atoms with Crippen LogP contribution >= 0.6 is 0 Å². The van der Waals surface area contributed by atoms with Crippen LogP contribution in [0.15, 0.2) is 18.2 Å². The number of likely N-dealkylation sites (tertiary alicyclic amines) is 1. The molecule has 1 aromatic rings. The van der Waals surface area contributed by atoms with E-state index in [1.807, 2.05) is 0 Å². The third-order valence-electron chi connectivity index (χ3n) is 6.36. The van der Waals surface area contributed by atoms with Gasteiger partial charge in [0.25, 0.3) is 0 Å². The van der Waals surface area contributed by atoms with Gasteiger partial charge in [0.2, 0.25) is 0 Å². The van der Waals surface area contributed by atoms with Crippen molar-refractivity contribution in [2.75, 3.05) is 13.6 Å². The highest BCUT2D eigenvalue weighted by Crippen LogP contribution is 2.55. The molecule has 2 nitrogen and oxygen atoms in total. The van der Waals surface area contributed by atoms with Gasteiger partial charge in [-0.1, -0.05) is 31.0 Å². The molecule has 108 valence electrons. The largest absolute Gasteiger partial charge is 0.392 e. The van der Waals surface area contributed by atoms with Crippen LogP contribution < -0.4 is 0 Å². The first kappa shape index (κ1) is 12.8. The molecule has 2 unspecified atom stereocenters. The third kappa shape index (κ3) is 1.64. The van der Waals surface area contributed by atoms with Gasteiger partial charge in [-0.3, -0.25) is 0 Å². The highest BCUT2D eigenvalue weighted by molar-refractivity contribution is 5.43. The molecule has 1 N–H and O–H groups in total. The van der Waals surface area contributed by atoms with E-state index in [1.54, 1.807) is 11.1 Å². The van der Waals surface area contributed by atoms with Gasteiger partial charge in [0.15, 0.2) is 0 Å². The maximum absolute atomic E-state index is 9.49. The summed E-state index contributed by atoms with van der Waals surface area (Å²) in [5, 5.41) is 9.49. The maximum Gasteiger partial charge on any atom is 0.0681 e. The highest BCUT2D eigenvalue weighted by atomic mass is 16.3. The van der Waals surface area contributed by atoms with E-state index in [4.69, 9.17) is 0 Å². The molecule has 0 aromatic heterocycles. The first-order valence-corrected chi connectivity index (χ1v) is 8.18. The van der Waals surface area contributed by atoms with Crippen molar-refractivity contribution in [2.45, 2.75) is 56.6 Å². The topological polar surface area (TPSA) is 23.5 Å². The Bertz CT molecular complexity index is 526. The number of piperidine rings is 1. The average molecular weight is 271 g/mol. The van der Waals surface area contributed by atoms with Crippen LogP contribution in [0.5, 0.6) is 0 Å². The molecule has 20 heavy (non-hydrogen) atoms. The van der Waals surface area contributed by atoms with E-state index >= 15 is 0 Å². The van der Waals surface area contributed by atoms with Crippen molar-refractivity contribution in [3.8, 4) is 0 Å². The molecule has 2 fully saturated rings. The Morgan fingerprint density at radius 3 is 3.05 bits per heavy atom. The minimum atomic E-state index is 0.178. The average Bonchev–Trinajstić information content (AvgIpc) is 2.50. The van der Waals surface area contributed by atoms with E-state index in [9.17, 15) is 5.11 Å². The molecule has 0 spiro atoms. The molecular formula is C18H25NO. The van der Waals surface area contributed by atoms with Gasteiger partial charge < -0.3 is 10.0 Å². The van der Waals surface area contributed by atoms with Gasteiger partial charge in [-0.15, -0.1) is 0 Å². The molecule has 2 aliphatic carbocycles. The summed E-state index contributed by atoms with van der Waals surface area (Å²) in [5.41, 5.74) is 4.67. The predicted molar refractivity (Wildman–Crippen MR) is 80.7 cm³/mol. The second-order valence-electron chi connectivity index (χ2n) is 7.16. The van der Waals surface area contributed by atoms with E-state index in [-0.39, 0.29) is 6.61 Å². The first-order chi connectivity index (χ1) is 9.74. The Labute approximate surface area is 121 Å². The normalized spacial score (nSPS) is 36.3. The van der Waals surface area contributed by atoms with Crippen molar-refractivity contribution in [2.24, 2.45) is 5.92 Å². The number of nitrogens with zero attached hydrogens (tertiary/aromatic N) is 1. The lowest BCUT2D eigenvalue weighted by molar-refractivity contribution is 0.00276. The van der Waals surface area contributed by atoms with Gasteiger partial charge in [-0.05, 0) is 61.9 Å². The van der Waals surface area contributed by atoms with Crippen molar-refractivity contribution in [1.29, 1.82) is 0 Å². The Morgan fingerprint density at radius 1 is 1.30 bits per heavy atom. The smallest absolute Gasteiger partial charge is 0.0681 e. The van der Waals surface area contributed by atoms with Crippen LogP contribution in [0, 0.1) is 5.92 Å². The highest BCUT2D eigenvalue weighted by Gasteiger charge is 2.52. The summed E-state index contributed by atoms with van der Waals surface area (Å²) >= 11 is 0. The zero-order valence-electron chi connectivity index (χ0n) is 12.4. The lowest BCUT2D eigenvalue weighted by Gasteiger charge is -2.58. The van der Waals surface area contributed by atoms with Crippen LogP contribution in [0.2, 0.25) is 0 Å². The van der Waals surface area contributed by atoms with Crippen LogP contribution in [0.3, 0.4) is 0 Å². The van der Waals surface area contributed by atoms with E-state index in [1.165, 1.54) is 45.1 Å². The number of hydrogen-bond donors (Lipinski definition) is 1.